The molecule has 0 atom stereocenters. The Morgan fingerprint density at radius 2 is 1.88 bits per heavy atom. The van der Waals surface area contributed by atoms with Crippen LogP contribution in [0.1, 0.15) is 32.3 Å². The second kappa shape index (κ2) is 8.67. The van der Waals surface area contributed by atoms with Gasteiger partial charge in [-0.15, -0.1) is 0 Å². The van der Waals surface area contributed by atoms with Crippen LogP contribution in [0.3, 0.4) is 0 Å². The standard InChI is InChI=1S/C14H22BrNO/c1-12(2)16-9-3-4-10-17-11-13-5-7-14(15)8-6-13/h5-8,12,16H,3-4,9-11H2,1-2H3. The Hall–Kier alpha value is -0.380. The molecular weight excluding hydrogens is 278 g/mol. The summed E-state index contributed by atoms with van der Waals surface area (Å²) < 4.78 is 6.74. The Labute approximate surface area is 113 Å². The van der Waals surface area contributed by atoms with Gasteiger partial charge in [-0.1, -0.05) is 41.9 Å². The molecule has 2 nitrogen and oxygen atoms in total. The summed E-state index contributed by atoms with van der Waals surface area (Å²) in [6, 6.07) is 8.85. The van der Waals surface area contributed by atoms with Crippen molar-refractivity contribution in [1.29, 1.82) is 0 Å². The van der Waals surface area contributed by atoms with Crippen LogP contribution in [0.2, 0.25) is 0 Å². The molecule has 0 radical (unpaired) electrons. The van der Waals surface area contributed by atoms with E-state index in [1.54, 1.807) is 0 Å². The molecule has 0 aromatic heterocycles. The first-order chi connectivity index (χ1) is 8.18. The third-order valence-electron chi connectivity index (χ3n) is 2.45. The molecule has 1 rings (SSSR count). The number of benzene rings is 1. The first kappa shape index (κ1) is 14.7. The summed E-state index contributed by atoms with van der Waals surface area (Å²) in [5.41, 5.74) is 1.23. The van der Waals surface area contributed by atoms with Gasteiger partial charge < -0.3 is 10.1 Å². The average molecular weight is 300 g/mol. The van der Waals surface area contributed by atoms with Crippen molar-refractivity contribution in [2.24, 2.45) is 0 Å². The van der Waals surface area contributed by atoms with Crippen LogP contribution in [0.5, 0.6) is 0 Å². The Balaban J connectivity index is 1.99. The molecule has 1 aromatic carbocycles. The molecule has 3 heteroatoms. The van der Waals surface area contributed by atoms with Crippen LogP contribution in [0.25, 0.3) is 0 Å². The average Bonchev–Trinajstić information content (AvgIpc) is 2.30. The maximum Gasteiger partial charge on any atom is 0.0716 e. The smallest absolute Gasteiger partial charge is 0.0716 e. The second-order valence-corrected chi connectivity index (χ2v) is 5.41. The van der Waals surface area contributed by atoms with Crippen LogP contribution in [0, 0.1) is 0 Å². The molecule has 96 valence electrons. The van der Waals surface area contributed by atoms with Crippen LogP contribution in [0.4, 0.5) is 0 Å². The topological polar surface area (TPSA) is 21.3 Å². The predicted octanol–water partition coefficient (Wildman–Crippen LogP) is 3.74. The van der Waals surface area contributed by atoms with Gasteiger partial charge >= 0.3 is 0 Å². The highest BCUT2D eigenvalue weighted by Gasteiger charge is 1.95. The summed E-state index contributed by atoms with van der Waals surface area (Å²) in [4.78, 5) is 0. The minimum atomic E-state index is 0.582. The van der Waals surface area contributed by atoms with Crippen molar-refractivity contribution in [3.8, 4) is 0 Å². The van der Waals surface area contributed by atoms with E-state index < -0.39 is 0 Å². The molecule has 17 heavy (non-hydrogen) atoms. The summed E-state index contributed by atoms with van der Waals surface area (Å²) >= 11 is 3.42. The van der Waals surface area contributed by atoms with Crippen molar-refractivity contribution in [3.05, 3.63) is 34.3 Å². The first-order valence-corrected chi connectivity index (χ1v) is 7.03. The van der Waals surface area contributed by atoms with Gasteiger partial charge in [0, 0.05) is 17.1 Å². The van der Waals surface area contributed by atoms with E-state index in [2.05, 4.69) is 47.2 Å². The molecule has 0 heterocycles. The third-order valence-corrected chi connectivity index (χ3v) is 2.98. The highest BCUT2D eigenvalue weighted by Crippen LogP contribution is 2.11. The van der Waals surface area contributed by atoms with Gasteiger partial charge in [-0.3, -0.25) is 0 Å². The third kappa shape index (κ3) is 7.53. The minimum absolute atomic E-state index is 0.582. The zero-order valence-electron chi connectivity index (χ0n) is 10.7. The van der Waals surface area contributed by atoms with Crippen molar-refractivity contribution in [3.63, 3.8) is 0 Å². The number of nitrogens with one attached hydrogen (secondary N) is 1. The van der Waals surface area contributed by atoms with Crippen LogP contribution >= 0.6 is 15.9 Å². The molecule has 0 unspecified atom stereocenters. The Morgan fingerprint density at radius 3 is 2.53 bits per heavy atom. The van der Waals surface area contributed by atoms with Crippen LogP contribution in [-0.4, -0.2) is 19.2 Å². The fraction of sp³-hybridized carbons (Fsp3) is 0.571. The normalized spacial score (nSPS) is 11.1. The first-order valence-electron chi connectivity index (χ1n) is 6.24. The SMILES string of the molecule is CC(C)NCCCCOCc1ccc(Br)cc1. The van der Waals surface area contributed by atoms with Crippen molar-refractivity contribution in [1.82, 2.24) is 5.32 Å². The maximum absolute atomic E-state index is 5.62. The van der Waals surface area contributed by atoms with Gasteiger partial charge in [0.1, 0.15) is 0 Å². The van der Waals surface area contributed by atoms with E-state index >= 15 is 0 Å². The van der Waals surface area contributed by atoms with Crippen molar-refractivity contribution in [2.75, 3.05) is 13.2 Å². The van der Waals surface area contributed by atoms with E-state index in [0.717, 1.165) is 24.0 Å². The van der Waals surface area contributed by atoms with Gasteiger partial charge in [0.15, 0.2) is 0 Å². The quantitative estimate of drug-likeness (QED) is 0.738. The molecule has 1 N–H and O–H groups in total. The highest BCUT2D eigenvalue weighted by molar-refractivity contribution is 9.10. The van der Waals surface area contributed by atoms with Gasteiger partial charge in [0.2, 0.25) is 0 Å². The van der Waals surface area contributed by atoms with Crippen molar-refractivity contribution in [2.45, 2.75) is 39.3 Å². The van der Waals surface area contributed by atoms with Crippen LogP contribution in [-0.2, 0) is 11.3 Å². The van der Waals surface area contributed by atoms with E-state index in [1.165, 1.54) is 12.0 Å². The predicted molar refractivity (Wildman–Crippen MR) is 76.2 cm³/mol. The number of rotatable bonds is 8. The zero-order valence-corrected chi connectivity index (χ0v) is 12.3. The summed E-state index contributed by atoms with van der Waals surface area (Å²) in [5, 5.41) is 3.40. The monoisotopic (exact) mass is 299 g/mol. The zero-order chi connectivity index (χ0) is 12.5. The lowest BCUT2D eigenvalue weighted by Gasteiger charge is -2.08. The highest BCUT2D eigenvalue weighted by atomic mass is 79.9. The van der Waals surface area contributed by atoms with Crippen LogP contribution in [0.15, 0.2) is 28.7 Å². The number of hydrogen-bond donors (Lipinski definition) is 1. The molecule has 0 aliphatic heterocycles. The Morgan fingerprint density at radius 1 is 1.18 bits per heavy atom. The molecule has 0 amide bonds. The molecule has 0 aliphatic rings. The summed E-state index contributed by atoms with van der Waals surface area (Å²) in [6.07, 6.45) is 2.30. The fourth-order valence-electron chi connectivity index (χ4n) is 1.49. The van der Waals surface area contributed by atoms with Crippen molar-refractivity contribution < 1.29 is 4.74 Å². The van der Waals surface area contributed by atoms with Crippen molar-refractivity contribution >= 4 is 15.9 Å². The number of halogens is 1. The summed E-state index contributed by atoms with van der Waals surface area (Å²) in [6.45, 7) is 6.98. The molecule has 0 saturated heterocycles. The van der Waals surface area contributed by atoms with E-state index in [9.17, 15) is 0 Å². The maximum atomic E-state index is 5.62. The number of hydrogen-bond acceptors (Lipinski definition) is 2. The van der Waals surface area contributed by atoms with Gasteiger partial charge in [-0.25, -0.2) is 0 Å². The largest absolute Gasteiger partial charge is 0.377 e. The summed E-state index contributed by atoms with van der Waals surface area (Å²) in [5.74, 6) is 0. The van der Waals surface area contributed by atoms with Gasteiger partial charge in [-0.05, 0) is 37.1 Å². The van der Waals surface area contributed by atoms with E-state index in [4.69, 9.17) is 4.74 Å². The number of unbranched alkanes of at least 4 members (excludes halogenated alkanes) is 1. The molecule has 0 spiro atoms. The Bertz CT molecular complexity index is 298. The molecule has 0 fully saturated rings. The van der Waals surface area contributed by atoms with Gasteiger partial charge in [-0.2, -0.15) is 0 Å². The van der Waals surface area contributed by atoms with Gasteiger partial charge in [0.05, 0.1) is 6.61 Å². The van der Waals surface area contributed by atoms with E-state index in [1.807, 2.05) is 12.1 Å². The molecule has 0 saturated carbocycles. The van der Waals surface area contributed by atoms with Crippen LogP contribution < -0.4 is 5.32 Å². The summed E-state index contributed by atoms with van der Waals surface area (Å²) in [7, 11) is 0. The van der Waals surface area contributed by atoms with E-state index in [-0.39, 0.29) is 0 Å². The second-order valence-electron chi connectivity index (χ2n) is 4.49. The molecular formula is C14H22BrNO. The minimum Gasteiger partial charge on any atom is -0.377 e. The number of ether oxygens (including phenoxy) is 1. The van der Waals surface area contributed by atoms with E-state index in [0.29, 0.717) is 12.6 Å². The Kier molecular flexibility index (Phi) is 7.49. The van der Waals surface area contributed by atoms with Gasteiger partial charge in [0.25, 0.3) is 0 Å². The lowest BCUT2D eigenvalue weighted by Crippen LogP contribution is -2.23. The fourth-order valence-corrected chi connectivity index (χ4v) is 1.75. The lowest BCUT2D eigenvalue weighted by molar-refractivity contribution is 0.117. The lowest BCUT2D eigenvalue weighted by atomic mass is 10.2. The molecule has 0 bridgehead atoms. The molecule has 1 aromatic rings. The molecule has 0 aliphatic carbocycles.